The molecule has 0 spiro atoms. The summed E-state index contributed by atoms with van der Waals surface area (Å²) in [6, 6.07) is 6.09. The average Bonchev–Trinajstić information content (AvgIpc) is 2.69. The first kappa shape index (κ1) is 12.0. The standard InChI is InChI=1S/C13H13BrN2O/c1-8-3-4-10(14)6-11(8)12-7-15-13(16-12)5-9(2)17/h3-4,6-7H,5H2,1-2H3,(H,15,16). The number of aromatic amines is 1. The minimum atomic E-state index is 0.108. The van der Waals surface area contributed by atoms with Gasteiger partial charge in [0.05, 0.1) is 18.3 Å². The Morgan fingerprint density at radius 3 is 2.94 bits per heavy atom. The number of H-pyrrole nitrogens is 1. The number of ketones is 1. The van der Waals surface area contributed by atoms with Crippen molar-refractivity contribution in [3.8, 4) is 11.3 Å². The van der Waals surface area contributed by atoms with Gasteiger partial charge in [0, 0.05) is 10.0 Å². The van der Waals surface area contributed by atoms with Crippen LogP contribution in [0.2, 0.25) is 0 Å². The summed E-state index contributed by atoms with van der Waals surface area (Å²) in [6.45, 7) is 3.61. The van der Waals surface area contributed by atoms with Crippen molar-refractivity contribution in [3.63, 3.8) is 0 Å². The van der Waals surface area contributed by atoms with Crippen LogP contribution in [0.3, 0.4) is 0 Å². The van der Waals surface area contributed by atoms with E-state index in [9.17, 15) is 4.79 Å². The van der Waals surface area contributed by atoms with Crippen molar-refractivity contribution < 1.29 is 4.79 Å². The molecule has 0 fully saturated rings. The minimum absolute atomic E-state index is 0.108. The number of carbonyl (C=O) groups is 1. The Labute approximate surface area is 108 Å². The van der Waals surface area contributed by atoms with E-state index in [0.717, 1.165) is 15.7 Å². The van der Waals surface area contributed by atoms with Crippen LogP contribution in [0, 0.1) is 6.92 Å². The van der Waals surface area contributed by atoms with Gasteiger partial charge in [-0.15, -0.1) is 0 Å². The van der Waals surface area contributed by atoms with Crippen molar-refractivity contribution in [3.05, 3.63) is 40.3 Å². The molecule has 0 unspecified atom stereocenters. The van der Waals surface area contributed by atoms with E-state index in [0.29, 0.717) is 12.2 Å². The van der Waals surface area contributed by atoms with E-state index < -0.39 is 0 Å². The lowest BCUT2D eigenvalue weighted by atomic mass is 10.1. The Hall–Kier alpha value is -1.42. The van der Waals surface area contributed by atoms with Crippen LogP contribution in [0.4, 0.5) is 0 Å². The third kappa shape index (κ3) is 2.82. The summed E-state index contributed by atoms with van der Waals surface area (Å²) in [5.41, 5.74) is 3.22. The summed E-state index contributed by atoms with van der Waals surface area (Å²) in [4.78, 5) is 18.4. The van der Waals surface area contributed by atoms with Gasteiger partial charge in [-0.2, -0.15) is 0 Å². The van der Waals surface area contributed by atoms with Crippen molar-refractivity contribution in [1.29, 1.82) is 0 Å². The Kier molecular flexibility index (Phi) is 3.43. The van der Waals surface area contributed by atoms with Crippen molar-refractivity contribution >= 4 is 21.7 Å². The van der Waals surface area contributed by atoms with Gasteiger partial charge in [-0.1, -0.05) is 22.0 Å². The van der Waals surface area contributed by atoms with Crippen LogP contribution in [0.1, 0.15) is 18.3 Å². The fourth-order valence-electron chi connectivity index (χ4n) is 1.71. The number of imidazole rings is 1. The second-order valence-electron chi connectivity index (χ2n) is 4.08. The van der Waals surface area contributed by atoms with Gasteiger partial charge in [0.1, 0.15) is 11.6 Å². The van der Waals surface area contributed by atoms with Crippen LogP contribution in [-0.2, 0) is 11.2 Å². The molecule has 3 nitrogen and oxygen atoms in total. The van der Waals surface area contributed by atoms with E-state index >= 15 is 0 Å². The van der Waals surface area contributed by atoms with Crippen molar-refractivity contribution in [2.24, 2.45) is 0 Å². The first-order chi connectivity index (χ1) is 8.06. The van der Waals surface area contributed by atoms with Crippen LogP contribution < -0.4 is 0 Å². The molecule has 1 N–H and O–H groups in total. The molecule has 0 radical (unpaired) electrons. The summed E-state index contributed by atoms with van der Waals surface area (Å²) < 4.78 is 1.03. The van der Waals surface area contributed by atoms with Gasteiger partial charge >= 0.3 is 0 Å². The van der Waals surface area contributed by atoms with Crippen LogP contribution in [0.25, 0.3) is 11.3 Å². The monoisotopic (exact) mass is 292 g/mol. The molecule has 1 aromatic carbocycles. The van der Waals surface area contributed by atoms with Gasteiger partial charge < -0.3 is 4.98 Å². The largest absolute Gasteiger partial charge is 0.342 e. The van der Waals surface area contributed by atoms with Gasteiger partial charge in [0.15, 0.2) is 0 Å². The third-order valence-corrected chi connectivity index (χ3v) is 3.03. The topological polar surface area (TPSA) is 45.8 Å². The molecule has 0 bridgehead atoms. The predicted octanol–water partition coefficient (Wildman–Crippen LogP) is 3.28. The number of rotatable bonds is 3. The third-order valence-electron chi connectivity index (χ3n) is 2.53. The lowest BCUT2D eigenvalue weighted by molar-refractivity contribution is -0.116. The van der Waals surface area contributed by atoms with Crippen molar-refractivity contribution in [2.45, 2.75) is 20.3 Å². The molecule has 0 aliphatic rings. The molecule has 1 aromatic heterocycles. The summed E-state index contributed by atoms with van der Waals surface area (Å²) in [5, 5.41) is 0. The van der Waals surface area contributed by atoms with Crippen LogP contribution in [-0.4, -0.2) is 15.8 Å². The molecule has 0 aliphatic carbocycles. The van der Waals surface area contributed by atoms with E-state index in [4.69, 9.17) is 0 Å². The fraction of sp³-hybridized carbons (Fsp3) is 0.231. The number of carbonyl (C=O) groups excluding carboxylic acids is 1. The van der Waals surface area contributed by atoms with Crippen molar-refractivity contribution in [1.82, 2.24) is 9.97 Å². The quantitative estimate of drug-likeness (QED) is 0.944. The number of aryl methyl sites for hydroxylation is 1. The average molecular weight is 293 g/mol. The number of Topliss-reactive ketones (excluding diaryl/α,β-unsaturated/α-hetero) is 1. The van der Waals surface area contributed by atoms with Gasteiger partial charge in [0.25, 0.3) is 0 Å². The number of hydrogen-bond acceptors (Lipinski definition) is 2. The zero-order chi connectivity index (χ0) is 12.4. The highest BCUT2D eigenvalue weighted by Crippen LogP contribution is 2.25. The lowest BCUT2D eigenvalue weighted by Gasteiger charge is -2.03. The molecule has 1 heterocycles. The van der Waals surface area contributed by atoms with E-state index in [-0.39, 0.29) is 5.78 Å². The molecule has 0 saturated heterocycles. The molecule has 88 valence electrons. The summed E-state index contributed by atoms with van der Waals surface area (Å²) in [6.07, 6.45) is 2.13. The smallest absolute Gasteiger partial charge is 0.137 e. The molecule has 17 heavy (non-hydrogen) atoms. The number of nitrogens with zero attached hydrogens (tertiary/aromatic N) is 1. The van der Waals surface area contributed by atoms with E-state index in [2.05, 4.69) is 25.9 Å². The molecular formula is C13H13BrN2O. The maximum absolute atomic E-state index is 11.0. The Morgan fingerprint density at radius 1 is 1.47 bits per heavy atom. The minimum Gasteiger partial charge on any atom is -0.342 e. The molecular weight excluding hydrogens is 280 g/mol. The van der Waals surface area contributed by atoms with E-state index in [1.54, 1.807) is 13.1 Å². The Bertz CT molecular complexity index is 560. The predicted molar refractivity (Wildman–Crippen MR) is 70.8 cm³/mol. The number of benzene rings is 1. The van der Waals surface area contributed by atoms with Gasteiger partial charge in [-0.05, 0) is 31.5 Å². The summed E-state index contributed by atoms with van der Waals surface area (Å²) in [7, 11) is 0. The number of nitrogens with one attached hydrogen (secondary N) is 1. The molecule has 0 saturated carbocycles. The first-order valence-corrected chi connectivity index (χ1v) is 6.15. The Balaban J connectivity index is 2.36. The highest BCUT2D eigenvalue weighted by Gasteiger charge is 2.07. The normalized spacial score (nSPS) is 10.5. The number of halogens is 1. The van der Waals surface area contributed by atoms with Gasteiger partial charge in [-0.25, -0.2) is 4.98 Å². The molecule has 0 amide bonds. The maximum Gasteiger partial charge on any atom is 0.137 e. The van der Waals surface area contributed by atoms with Gasteiger partial charge in [-0.3, -0.25) is 4.79 Å². The van der Waals surface area contributed by atoms with E-state index in [1.807, 2.05) is 25.1 Å². The number of aromatic nitrogens is 2. The SMILES string of the molecule is CC(=O)Cc1ncc(-c2cc(Br)ccc2C)[nH]1. The van der Waals surface area contributed by atoms with E-state index in [1.165, 1.54) is 5.56 Å². The lowest BCUT2D eigenvalue weighted by Crippen LogP contribution is -1.98. The fourth-order valence-corrected chi connectivity index (χ4v) is 2.07. The Morgan fingerprint density at radius 2 is 2.24 bits per heavy atom. The maximum atomic E-state index is 11.0. The van der Waals surface area contributed by atoms with Crippen LogP contribution >= 0.6 is 15.9 Å². The highest BCUT2D eigenvalue weighted by molar-refractivity contribution is 9.10. The number of hydrogen-bond donors (Lipinski definition) is 1. The first-order valence-electron chi connectivity index (χ1n) is 5.36. The zero-order valence-corrected chi connectivity index (χ0v) is 11.3. The molecule has 0 atom stereocenters. The highest BCUT2D eigenvalue weighted by atomic mass is 79.9. The van der Waals surface area contributed by atoms with Crippen LogP contribution in [0.15, 0.2) is 28.9 Å². The second-order valence-corrected chi connectivity index (χ2v) is 5.00. The van der Waals surface area contributed by atoms with Gasteiger partial charge in [0.2, 0.25) is 0 Å². The van der Waals surface area contributed by atoms with Crippen molar-refractivity contribution in [2.75, 3.05) is 0 Å². The zero-order valence-electron chi connectivity index (χ0n) is 9.75. The molecule has 2 rings (SSSR count). The molecule has 0 aliphatic heterocycles. The summed E-state index contributed by atoms with van der Waals surface area (Å²) in [5.74, 6) is 0.823. The molecule has 2 aromatic rings. The second kappa shape index (κ2) is 4.84. The molecule has 4 heteroatoms. The van der Waals surface area contributed by atoms with Crippen LogP contribution in [0.5, 0.6) is 0 Å². The summed E-state index contributed by atoms with van der Waals surface area (Å²) >= 11 is 3.45.